The number of nitrogens with one attached hydrogen (secondary N) is 1. The zero-order chi connectivity index (χ0) is 12.5. The number of nitrogens with two attached hydrogens (primary N) is 1. The standard InChI is InChI=1S/C13H18N4O/c14-10-2-4-17(8-10)13(18)12-7-16-6-9-5-15-3-1-11(9)12/h6-7,10,15H,1-5,8,14H2. The van der Waals surface area contributed by atoms with Gasteiger partial charge in [-0.3, -0.25) is 9.78 Å². The van der Waals surface area contributed by atoms with Gasteiger partial charge in [-0.15, -0.1) is 0 Å². The Morgan fingerprint density at radius 1 is 1.50 bits per heavy atom. The van der Waals surface area contributed by atoms with Crippen molar-refractivity contribution in [1.82, 2.24) is 15.2 Å². The predicted octanol–water partition coefficient (Wildman–Crippen LogP) is -0.0995. The second-order valence-electron chi connectivity index (χ2n) is 5.05. The summed E-state index contributed by atoms with van der Waals surface area (Å²) in [6, 6.07) is 0.128. The van der Waals surface area contributed by atoms with Crippen LogP contribution in [0.1, 0.15) is 27.9 Å². The van der Waals surface area contributed by atoms with E-state index in [1.54, 1.807) is 6.20 Å². The number of carbonyl (C=O) groups excluding carboxylic acids is 1. The molecule has 0 bridgehead atoms. The maximum Gasteiger partial charge on any atom is 0.255 e. The maximum atomic E-state index is 12.5. The normalized spacial score (nSPS) is 22.9. The van der Waals surface area contributed by atoms with Crippen molar-refractivity contribution in [2.24, 2.45) is 5.73 Å². The van der Waals surface area contributed by atoms with Crippen molar-refractivity contribution in [3.05, 3.63) is 29.1 Å². The summed E-state index contributed by atoms with van der Waals surface area (Å²) in [5.74, 6) is 0.0919. The van der Waals surface area contributed by atoms with E-state index < -0.39 is 0 Å². The van der Waals surface area contributed by atoms with Gasteiger partial charge in [0.1, 0.15) is 0 Å². The third-order valence-corrected chi connectivity index (χ3v) is 3.76. The number of fused-ring (bicyclic) bond motifs is 1. The molecule has 0 saturated carbocycles. The lowest BCUT2D eigenvalue weighted by molar-refractivity contribution is 0.0789. The third-order valence-electron chi connectivity index (χ3n) is 3.76. The van der Waals surface area contributed by atoms with Crippen molar-refractivity contribution in [3.8, 4) is 0 Å². The molecule has 18 heavy (non-hydrogen) atoms. The monoisotopic (exact) mass is 246 g/mol. The average molecular weight is 246 g/mol. The lowest BCUT2D eigenvalue weighted by Crippen LogP contribution is -2.34. The Morgan fingerprint density at radius 2 is 2.39 bits per heavy atom. The van der Waals surface area contributed by atoms with Gasteiger partial charge >= 0.3 is 0 Å². The minimum absolute atomic E-state index is 0.0919. The van der Waals surface area contributed by atoms with Crippen LogP contribution in [0.15, 0.2) is 12.4 Å². The fraction of sp³-hybridized carbons (Fsp3) is 0.538. The molecule has 2 aliphatic heterocycles. The van der Waals surface area contributed by atoms with Crippen molar-refractivity contribution in [1.29, 1.82) is 0 Å². The van der Waals surface area contributed by atoms with Crippen LogP contribution in [-0.4, -0.2) is 41.5 Å². The molecule has 0 spiro atoms. The molecule has 5 nitrogen and oxygen atoms in total. The largest absolute Gasteiger partial charge is 0.337 e. The Morgan fingerprint density at radius 3 is 3.17 bits per heavy atom. The molecule has 0 aliphatic carbocycles. The van der Waals surface area contributed by atoms with Crippen molar-refractivity contribution in [2.75, 3.05) is 19.6 Å². The van der Waals surface area contributed by atoms with Crippen LogP contribution >= 0.6 is 0 Å². The first-order valence-electron chi connectivity index (χ1n) is 6.47. The molecule has 5 heteroatoms. The second kappa shape index (κ2) is 4.66. The lowest BCUT2D eigenvalue weighted by atomic mass is 9.97. The molecule has 1 amide bonds. The van der Waals surface area contributed by atoms with Crippen molar-refractivity contribution >= 4 is 5.91 Å². The van der Waals surface area contributed by atoms with Crippen LogP contribution in [0, 0.1) is 0 Å². The van der Waals surface area contributed by atoms with Crippen LogP contribution in [0.25, 0.3) is 0 Å². The molecular formula is C13H18N4O. The topological polar surface area (TPSA) is 71.2 Å². The van der Waals surface area contributed by atoms with E-state index in [2.05, 4.69) is 10.3 Å². The van der Waals surface area contributed by atoms with E-state index in [1.807, 2.05) is 11.1 Å². The summed E-state index contributed by atoms with van der Waals surface area (Å²) in [4.78, 5) is 18.5. The summed E-state index contributed by atoms with van der Waals surface area (Å²) < 4.78 is 0. The number of amides is 1. The number of likely N-dealkylation sites (tertiary alicyclic amines) is 1. The van der Waals surface area contributed by atoms with Crippen molar-refractivity contribution < 1.29 is 4.79 Å². The Labute approximate surface area is 106 Å². The van der Waals surface area contributed by atoms with E-state index in [-0.39, 0.29) is 11.9 Å². The summed E-state index contributed by atoms with van der Waals surface area (Å²) in [6.07, 6.45) is 5.36. The average Bonchev–Trinajstić information content (AvgIpc) is 2.84. The molecule has 3 heterocycles. The SMILES string of the molecule is NC1CCN(C(=O)c2cncc3c2CCNC3)C1. The molecule has 96 valence electrons. The van der Waals surface area contributed by atoms with Crippen LogP contribution in [0.5, 0.6) is 0 Å². The van der Waals surface area contributed by atoms with Gasteiger partial charge in [0.15, 0.2) is 0 Å². The smallest absolute Gasteiger partial charge is 0.255 e. The van der Waals surface area contributed by atoms with Gasteiger partial charge in [0.2, 0.25) is 0 Å². The molecule has 1 aromatic rings. The number of rotatable bonds is 1. The van der Waals surface area contributed by atoms with E-state index >= 15 is 0 Å². The first-order valence-corrected chi connectivity index (χ1v) is 6.47. The van der Waals surface area contributed by atoms with E-state index in [4.69, 9.17) is 5.73 Å². The molecule has 0 aromatic carbocycles. The third kappa shape index (κ3) is 2.00. The fourth-order valence-corrected chi connectivity index (χ4v) is 2.74. The Kier molecular flexibility index (Phi) is 3.01. The molecule has 3 rings (SSSR count). The van der Waals surface area contributed by atoms with Gasteiger partial charge in [-0.05, 0) is 30.5 Å². The maximum absolute atomic E-state index is 12.5. The number of aromatic nitrogens is 1. The lowest BCUT2D eigenvalue weighted by Gasteiger charge is -2.22. The summed E-state index contributed by atoms with van der Waals surface area (Å²) in [6.45, 7) is 3.17. The Hall–Kier alpha value is -1.46. The van der Waals surface area contributed by atoms with E-state index in [0.717, 1.165) is 49.2 Å². The van der Waals surface area contributed by atoms with E-state index in [0.29, 0.717) is 6.54 Å². The highest BCUT2D eigenvalue weighted by Crippen LogP contribution is 2.20. The number of hydrogen-bond acceptors (Lipinski definition) is 4. The zero-order valence-corrected chi connectivity index (χ0v) is 10.4. The van der Waals surface area contributed by atoms with Gasteiger partial charge in [0.05, 0.1) is 5.56 Å². The summed E-state index contributed by atoms with van der Waals surface area (Å²) in [5.41, 5.74) is 8.94. The van der Waals surface area contributed by atoms with Gasteiger partial charge in [0, 0.05) is 38.1 Å². The van der Waals surface area contributed by atoms with Gasteiger partial charge < -0.3 is 16.0 Å². The van der Waals surface area contributed by atoms with Crippen LogP contribution in [0.4, 0.5) is 0 Å². The Bertz CT molecular complexity index is 474. The van der Waals surface area contributed by atoms with Gasteiger partial charge in [-0.25, -0.2) is 0 Å². The van der Waals surface area contributed by atoms with Crippen LogP contribution < -0.4 is 11.1 Å². The predicted molar refractivity (Wildman–Crippen MR) is 68.1 cm³/mol. The minimum Gasteiger partial charge on any atom is -0.337 e. The molecule has 3 N–H and O–H groups in total. The molecule has 2 aliphatic rings. The highest BCUT2D eigenvalue weighted by atomic mass is 16.2. The van der Waals surface area contributed by atoms with Crippen molar-refractivity contribution in [2.45, 2.75) is 25.4 Å². The molecular weight excluding hydrogens is 228 g/mol. The van der Waals surface area contributed by atoms with Crippen molar-refractivity contribution in [3.63, 3.8) is 0 Å². The first-order chi connectivity index (χ1) is 8.75. The summed E-state index contributed by atoms with van der Waals surface area (Å²) in [5, 5.41) is 3.30. The van der Waals surface area contributed by atoms with Gasteiger partial charge in [-0.2, -0.15) is 0 Å². The quantitative estimate of drug-likeness (QED) is 0.726. The molecule has 1 aromatic heterocycles. The van der Waals surface area contributed by atoms with Crippen LogP contribution in [-0.2, 0) is 13.0 Å². The number of nitrogens with zero attached hydrogens (tertiary/aromatic N) is 2. The Balaban J connectivity index is 1.90. The zero-order valence-electron chi connectivity index (χ0n) is 10.4. The van der Waals surface area contributed by atoms with Crippen LogP contribution in [0.3, 0.4) is 0 Å². The summed E-state index contributed by atoms with van der Waals surface area (Å²) >= 11 is 0. The fourth-order valence-electron chi connectivity index (χ4n) is 2.74. The number of carbonyl (C=O) groups is 1. The molecule has 1 atom stereocenters. The second-order valence-corrected chi connectivity index (χ2v) is 5.05. The molecule has 1 unspecified atom stereocenters. The van der Waals surface area contributed by atoms with Gasteiger partial charge in [-0.1, -0.05) is 0 Å². The highest BCUT2D eigenvalue weighted by molar-refractivity contribution is 5.96. The van der Waals surface area contributed by atoms with Crippen LogP contribution in [0.2, 0.25) is 0 Å². The molecule has 1 saturated heterocycles. The highest BCUT2D eigenvalue weighted by Gasteiger charge is 2.27. The first kappa shape index (κ1) is 11.6. The molecule has 0 radical (unpaired) electrons. The summed E-state index contributed by atoms with van der Waals surface area (Å²) in [7, 11) is 0. The minimum atomic E-state index is 0.0919. The van der Waals surface area contributed by atoms with E-state index in [1.165, 1.54) is 0 Å². The molecule has 1 fully saturated rings. The van der Waals surface area contributed by atoms with E-state index in [9.17, 15) is 4.79 Å². The van der Waals surface area contributed by atoms with Gasteiger partial charge in [0.25, 0.3) is 5.91 Å². The number of pyridine rings is 1. The number of hydrogen-bond donors (Lipinski definition) is 2.